The van der Waals surface area contributed by atoms with E-state index < -0.39 is 0 Å². The summed E-state index contributed by atoms with van der Waals surface area (Å²) in [6, 6.07) is 5.82. The maximum Gasteiger partial charge on any atom is 0.227 e. The minimum Gasteiger partial charge on any atom is -0.383 e. The third-order valence-electron chi connectivity index (χ3n) is 3.89. The Balaban J connectivity index is 1.72. The molecule has 2 heterocycles. The van der Waals surface area contributed by atoms with Crippen LogP contribution in [0.5, 0.6) is 0 Å². The Labute approximate surface area is 138 Å². The first-order valence-corrected chi connectivity index (χ1v) is 8.34. The third kappa shape index (κ3) is 3.35. The molecule has 1 aliphatic heterocycles. The molecule has 1 saturated heterocycles. The topological polar surface area (TPSA) is 71.5 Å². The molecule has 6 nitrogen and oxygen atoms in total. The Bertz CT molecular complexity index is 743. The summed E-state index contributed by atoms with van der Waals surface area (Å²) < 4.78 is 6.01. The first-order chi connectivity index (χ1) is 11.1. The van der Waals surface area contributed by atoms with E-state index in [-0.39, 0.29) is 24.2 Å². The number of amides is 2. The average Bonchev–Trinajstić information content (AvgIpc) is 3.08. The highest BCUT2D eigenvalue weighted by Crippen LogP contribution is 2.30. The van der Waals surface area contributed by atoms with E-state index in [1.54, 1.807) is 23.3 Å². The van der Waals surface area contributed by atoms with E-state index >= 15 is 0 Å². The number of hydrogen-bond donors (Lipinski definition) is 1. The van der Waals surface area contributed by atoms with E-state index in [0.717, 1.165) is 20.9 Å². The molecule has 2 amide bonds. The second kappa shape index (κ2) is 6.64. The molecule has 2 aromatic rings. The van der Waals surface area contributed by atoms with Gasteiger partial charge in [0.15, 0.2) is 0 Å². The van der Waals surface area contributed by atoms with Crippen LogP contribution in [-0.4, -0.2) is 43.6 Å². The fourth-order valence-corrected chi connectivity index (χ4v) is 3.56. The lowest BCUT2D eigenvalue weighted by Crippen LogP contribution is -2.34. The highest BCUT2D eigenvalue weighted by atomic mass is 32.1. The molecule has 1 aromatic carbocycles. The van der Waals surface area contributed by atoms with Gasteiger partial charge in [0.25, 0.3) is 0 Å². The lowest BCUT2D eigenvalue weighted by atomic mass is 10.1. The number of anilines is 1. The molecule has 122 valence electrons. The van der Waals surface area contributed by atoms with Crippen molar-refractivity contribution < 1.29 is 14.3 Å². The first kappa shape index (κ1) is 15.9. The summed E-state index contributed by atoms with van der Waals surface area (Å²) in [6.07, 6.45) is 0.243. The standard InChI is InChI=1S/C16H19N3O3S/c1-10-18-13-8-12(3-4-14(13)23-10)19-9-11(7-15(19)20)16(21)17-5-6-22-2/h3-4,8,11H,5-7,9H2,1-2H3,(H,17,21). The Morgan fingerprint density at radius 3 is 3.13 bits per heavy atom. The minimum absolute atomic E-state index is 0.0248. The monoisotopic (exact) mass is 333 g/mol. The highest BCUT2D eigenvalue weighted by molar-refractivity contribution is 7.18. The largest absolute Gasteiger partial charge is 0.383 e. The molecular weight excluding hydrogens is 314 g/mol. The number of nitrogens with one attached hydrogen (secondary N) is 1. The number of nitrogens with zero attached hydrogens (tertiary/aromatic N) is 2. The van der Waals surface area contributed by atoms with Crippen molar-refractivity contribution in [2.75, 3.05) is 31.7 Å². The highest BCUT2D eigenvalue weighted by Gasteiger charge is 2.35. The molecule has 3 rings (SSSR count). The van der Waals surface area contributed by atoms with Crippen LogP contribution < -0.4 is 10.2 Å². The molecule has 1 unspecified atom stereocenters. The van der Waals surface area contributed by atoms with Gasteiger partial charge in [-0.2, -0.15) is 0 Å². The summed E-state index contributed by atoms with van der Waals surface area (Å²) in [5.41, 5.74) is 1.70. The lowest BCUT2D eigenvalue weighted by molar-refractivity contribution is -0.126. The van der Waals surface area contributed by atoms with E-state index in [9.17, 15) is 9.59 Å². The average molecular weight is 333 g/mol. The number of fused-ring (bicyclic) bond motifs is 1. The fraction of sp³-hybridized carbons (Fsp3) is 0.438. The molecule has 1 fully saturated rings. The third-order valence-corrected chi connectivity index (χ3v) is 4.84. The summed E-state index contributed by atoms with van der Waals surface area (Å²) in [5.74, 6) is -0.432. The van der Waals surface area contributed by atoms with Gasteiger partial charge in [-0.3, -0.25) is 9.59 Å². The zero-order valence-corrected chi connectivity index (χ0v) is 14.0. The van der Waals surface area contributed by atoms with Crippen LogP contribution in [-0.2, 0) is 14.3 Å². The number of benzene rings is 1. The zero-order chi connectivity index (χ0) is 16.4. The van der Waals surface area contributed by atoms with Crippen LogP contribution in [0.15, 0.2) is 18.2 Å². The number of rotatable bonds is 5. The number of thiazole rings is 1. The zero-order valence-electron chi connectivity index (χ0n) is 13.2. The molecule has 0 bridgehead atoms. The molecule has 0 spiro atoms. The van der Waals surface area contributed by atoms with Crippen LogP contribution in [0.3, 0.4) is 0 Å². The number of hydrogen-bond acceptors (Lipinski definition) is 5. The van der Waals surface area contributed by atoms with Crippen LogP contribution in [0.4, 0.5) is 5.69 Å². The van der Waals surface area contributed by atoms with Crippen molar-refractivity contribution in [1.82, 2.24) is 10.3 Å². The van der Waals surface area contributed by atoms with Crippen LogP contribution in [0.2, 0.25) is 0 Å². The Morgan fingerprint density at radius 1 is 1.52 bits per heavy atom. The molecule has 7 heteroatoms. The van der Waals surface area contributed by atoms with Crippen molar-refractivity contribution in [2.45, 2.75) is 13.3 Å². The summed E-state index contributed by atoms with van der Waals surface area (Å²) in [4.78, 5) is 30.5. The summed E-state index contributed by atoms with van der Waals surface area (Å²) in [5, 5.41) is 3.80. The number of carbonyl (C=O) groups is 2. The van der Waals surface area contributed by atoms with E-state index in [4.69, 9.17) is 4.74 Å². The van der Waals surface area contributed by atoms with Gasteiger partial charge in [0.2, 0.25) is 11.8 Å². The van der Waals surface area contributed by atoms with E-state index in [0.29, 0.717) is 19.7 Å². The van der Waals surface area contributed by atoms with Crippen LogP contribution in [0.1, 0.15) is 11.4 Å². The number of carbonyl (C=O) groups excluding carboxylic acids is 2. The van der Waals surface area contributed by atoms with Crippen molar-refractivity contribution in [1.29, 1.82) is 0 Å². The van der Waals surface area contributed by atoms with E-state index in [1.807, 2.05) is 25.1 Å². The van der Waals surface area contributed by atoms with Crippen LogP contribution in [0.25, 0.3) is 10.2 Å². The number of methoxy groups -OCH3 is 1. The van der Waals surface area contributed by atoms with Gasteiger partial charge in [-0.25, -0.2) is 4.98 Å². The van der Waals surface area contributed by atoms with Crippen molar-refractivity contribution in [2.24, 2.45) is 5.92 Å². The second-order valence-electron chi connectivity index (χ2n) is 5.57. The van der Waals surface area contributed by atoms with Gasteiger partial charge in [0.1, 0.15) is 0 Å². The molecule has 23 heavy (non-hydrogen) atoms. The Hall–Kier alpha value is -1.99. The number of ether oxygens (including phenoxy) is 1. The van der Waals surface area contributed by atoms with Gasteiger partial charge < -0.3 is 15.0 Å². The summed E-state index contributed by atoms with van der Waals surface area (Å²) in [6.45, 7) is 3.30. The van der Waals surface area contributed by atoms with E-state index in [2.05, 4.69) is 10.3 Å². The van der Waals surface area contributed by atoms with Gasteiger partial charge in [-0.05, 0) is 25.1 Å². The quantitative estimate of drug-likeness (QED) is 0.846. The normalized spacial score (nSPS) is 17.9. The fourth-order valence-electron chi connectivity index (χ4n) is 2.75. The van der Waals surface area contributed by atoms with Crippen molar-refractivity contribution in [3.05, 3.63) is 23.2 Å². The number of aromatic nitrogens is 1. The van der Waals surface area contributed by atoms with Gasteiger partial charge in [-0.1, -0.05) is 0 Å². The van der Waals surface area contributed by atoms with Gasteiger partial charge in [0, 0.05) is 32.3 Å². The van der Waals surface area contributed by atoms with Crippen molar-refractivity contribution >= 4 is 39.1 Å². The SMILES string of the molecule is COCCNC(=O)C1CC(=O)N(c2ccc3sc(C)nc3c2)C1. The first-order valence-electron chi connectivity index (χ1n) is 7.52. The molecule has 0 radical (unpaired) electrons. The molecule has 0 saturated carbocycles. The maximum absolute atomic E-state index is 12.3. The molecule has 0 aliphatic carbocycles. The van der Waals surface area contributed by atoms with E-state index in [1.165, 1.54) is 0 Å². The van der Waals surface area contributed by atoms with Crippen LogP contribution >= 0.6 is 11.3 Å². The Morgan fingerprint density at radius 2 is 2.35 bits per heavy atom. The van der Waals surface area contributed by atoms with Gasteiger partial charge in [0.05, 0.1) is 27.7 Å². The van der Waals surface area contributed by atoms with Gasteiger partial charge in [-0.15, -0.1) is 11.3 Å². The van der Waals surface area contributed by atoms with Crippen molar-refractivity contribution in [3.63, 3.8) is 0 Å². The molecule has 1 N–H and O–H groups in total. The van der Waals surface area contributed by atoms with Crippen LogP contribution in [0, 0.1) is 12.8 Å². The van der Waals surface area contributed by atoms with Gasteiger partial charge >= 0.3 is 0 Å². The predicted molar refractivity (Wildman–Crippen MR) is 89.7 cm³/mol. The maximum atomic E-state index is 12.3. The summed E-state index contributed by atoms with van der Waals surface area (Å²) in [7, 11) is 1.59. The molecular formula is C16H19N3O3S. The molecule has 1 aromatic heterocycles. The second-order valence-corrected chi connectivity index (χ2v) is 6.81. The minimum atomic E-state index is -0.313. The smallest absolute Gasteiger partial charge is 0.227 e. The number of aryl methyl sites for hydroxylation is 1. The molecule has 1 aliphatic rings. The lowest BCUT2D eigenvalue weighted by Gasteiger charge is -2.16. The van der Waals surface area contributed by atoms with Crippen molar-refractivity contribution in [3.8, 4) is 0 Å². The molecule has 1 atom stereocenters. The Kier molecular flexibility index (Phi) is 4.58. The predicted octanol–water partition coefficient (Wildman–Crippen LogP) is 1.72. The summed E-state index contributed by atoms with van der Waals surface area (Å²) >= 11 is 1.63.